The van der Waals surface area contributed by atoms with Gasteiger partial charge in [-0.15, -0.1) is 11.3 Å². The number of hydrogen-bond acceptors (Lipinski definition) is 2. The maximum absolute atomic E-state index is 10.4. The lowest BCUT2D eigenvalue weighted by Crippen LogP contribution is -2.01. The monoisotopic (exact) mass is 244 g/mol. The van der Waals surface area contributed by atoms with E-state index >= 15 is 0 Å². The fourth-order valence-electron chi connectivity index (χ4n) is 2.58. The van der Waals surface area contributed by atoms with Crippen molar-refractivity contribution in [2.24, 2.45) is 5.92 Å². The van der Waals surface area contributed by atoms with Gasteiger partial charge in [0.05, 0.1) is 6.10 Å². The number of aliphatic hydroxyl groups excluding tert-OH is 1. The summed E-state index contributed by atoms with van der Waals surface area (Å²) in [6.45, 7) is 2.09. The molecule has 3 unspecified atom stereocenters. The van der Waals surface area contributed by atoms with Crippen LogP contribution in [-0.4, -0.2) is 5.11 Å². The van der Waals surface area contributed by atoms with E-state index in [0.29, 0.717) is 11.8 Å². The van der Waals surface area contributed by atoms with E-state index in [1.54, 1.807) is 11.3 Å². The predicted octanol–water partition coefficient (Wildman–Crippen LogP) is 3.89. The summed E-state index contributed by atoms with van der Waals surface area (Å²) >= 11 is 1.71. The number of aliphatic hydroxyl groups is 1. The van der Waals surface area contributed by atoms with E-state index in [1.165, 1.54) is 10.4 Å². The fourth-order valence-corrected chi connectivity index (χ4v) is 3.32. The van der Waals surface area contributed by atoms with Crippen LogP contribution in [0.3, 0.4) is 0 Å². The first-order valence-corrected chi connectivity index (χ1v) is 6.92. The summed E-state index contributed by atoms with van der Waals surface area (Å²) < 4.78 is 0. The van der Waals surface area contributed by atoms with E-state index < -0.39 is 0 Å². The van der Waals surface area contributed by atoms with Gasteiger partial charge >= 0.3 is 0 Å². The topological polar surface area (TPSA) is 20.2 Å². The van der Waals surface area contributed by atoms with Gasteiger partial charge in [-0.25, -0.2) is 0 Å². The van der Waals surface area contributed by atoms with Crippen molar-refractivity contribution in [2.75, 3.05) is 0 Å². The van der Waals surface area contributed by atoms with Crippen molar-refractivity contribution in [1.29, 1.82) is 0 Å². The van der Waals surface area contributed by atoms with Crippen molar-refractivity contribution in [2.45, 2.75) is 25.4 Å². The van der Waals surface area contributed by atoms with Gasteiger partial charge in [0.1, 0.15) is 0 Å². The van der Waals surface area contributed by atoms with Gasteiger partial charge in [-0.3, -0.25) is 0 Å². The summed E-state index contributed by atoms with van der Waals surface area (Å²) in [5.41, 5.74) is 2.49. The van der Waals surface area contributed by atoms with Crippen molar-refractivity contribution in [3.8, 4) is 0 Å². The van der Waals surface area contributed by atoms with Crippen molar-refractivity contribution in [3.05, 3.63) is 57.8 Å². The van der Waals surface area contributed by atoms with Crippen LogP contribution in [0.2, 0.25) is 0 Å². The SMILES string of the molecule is Cc1sccc1C(O)C1CC1c1ccccc1. The van der Waals surface area contributed by atoms with E-state index in [0.717, 1.165) is 12.0 Å². The molecule has 3 rings (SSSR count). The lowest BCUT2D eigenvalue weighted by molar-refractivity contribution is 0.151. The van der Waals surface area contributed by atoms with Gasteiger partial charge in [0.15, 0.2) is 0 Å². The molecule has 1 N–H and O–H groups in total. The molecule has 17 heavy (non-hydrogen) atoms. The predicted molar refractivity (Wildman–Crippen MR) is 71.3 cm³/mol. The van der Waals surface area contributed by atoms with Gasteiger partial charge in [-0.2, -0.15) is 0 Å². The number of aryl methyl sites for hydroxylation is 1. The molecule has 1 aromatic carbocycles. The fraction of sp³-hybridized carbons (Fsp3) is 0.333. The lowest BCUT2D eigenvalue weighted by atomic mass is 10.0. The molecule has 1 nitrogen and oxygen atoms in total. The van der Waals surface area contributed by atoms with E-state index in [-0.39, 0.29) is 6.10 Å². The van der Waals surface area contributed by atoms with E-state index in [1.807, 2.05) is 6.07 Å². The normalized spacial score (nSPS) is 24.6. The minimum absolute atomic E-state index is 0.286. The van der Waals surface area contributed by atoms with Crippen molar-refractivity contribution < 1.29 is 5.11 Å². The zero-order valence-electron chi connectivity index (χ0n) is 9.84. The Hall–Kier alpha value is -1.12. The second-order valence-corrected chi connectivity index (χ2v) is 5.91. The summed E-state index contributed by atoms with van der Waals surface area (Å²) in [7, 11) is 0. The van der Waals surface area contributed by atoms with Crippen LogP contribution in [0.1, 0.15) is 34.4 Å². The van der Waals surface area contributed by atoms with E-state index in [4.69, 9.17) is 0 Å². The van der Waals surface area contributed by atoms with E-state index in [9.17, 15) is 5.11 Å². The Balaban J connectivity index is 1.75. The first-order chi connectivity index (χ1) is 8.27. The molecule has 1 aliphatic rings. The molecule has 1 aliphatic carbocycles. The lowest BCUT2D eigenvalue weighted by Gasteiger charge is -2.10. The van der Waals surface area contributed by atoms with Crippen LogP contribution >= 0.6 is 11.3 Å². The molecule has 2 aromatic rings. The Kier molecular flexibility index (Phi) is 2.77. The molecule has 0 spiro atoms. The van der Waals surface area contributed by atoms with E-state index in [2.05, 4.69) is 42.6 Å². The molecule has 1 saturated carbocycles. The van der Waals surface area contributed by atoms with Crippen LogP contribution in [0.5, 0.6) is 0 Å². The maximum atomic E-state index is 10.4. The average molecular weight is 244 g/mol. The highest BCUT2D eigenvalue weighted by atomic mass is 32.1. The summed E-state index contributed by atoms with van der Waals surface area (Å²) in [6, 6.07) is 12.6. The van der Waals surface area contributed by atoms with Gasteiger partial charge in [-0.1, -0.05) is 30.3 Å². The second-order valence-electron chi connectivity index (χ2n) is 4.79. The Morgan fingerprint density at radius 3 is 2.65 bits per heavy atom. The standard InChI is InChI=1S/C15H16OS/c1-10-12(7-8-17-10)15(16)14-9-13(14)11-5-3-2-4-6-11/h2-8,13-16H,9H2,1H3. The molecule has 2 heteroatoms. The Morgan fingerprint density at radius 1 is 1.24 bits per heavy atom. The van der Waals surface area contributed by atoms with Gasteiger partial charge in [-0.05, 0) is 47.8 Å². The molecule has 1 heterocycles. The molecule has 0 amide bonds. The highest BCUT2D eigenvalue weighted by molar-refractivity contribution is 7.10. The van der Waals surface area contributed by atoms with Gasteiger partial charge in [0, 0.05) is 4.88 Å². The highest BCUT2D eigenvalue weighted by Crippen LogP contribution is 2.54. The van der Waals surface area contributed by atoms with Crippen LogP contribution in [0.25, 0.3) is 0 Å². The number of thiophene rings is 1. The summed E-state index contributed by atoms with van der Waals surface area (Å²) in [5, 5.41) is 12.4. The third kappa shape index (κ3) is 2.03. The van der Waals surface area contributed by atoms with Crippen LogP contribution in [-0.2, 0) is 0 Å². The Bertz CT molecular complexity index is 503. The van der Waals surface area contributed by atoms with Crippen molar-refractivity contribution in [1.82, 2.24) is 0 Å². The molecule has 3 atom stereocenters. The summed E-state index contributed by atoms with van der Waals surface area (Å²) in [4.78, 5) is 1.25. The summed E-state index contributed by atoms with van der Waals surface area (Å²) in [5.74, 6) is 0.955. The molecule has 1 aromatic heterocycles. The Morgan fingerprint density at radius 2 is 2.00 bits per heavy atom. The first-order valence-electron chi connectivity index (χ1n) is 6.04. The van der Waals surface area contributed by atoms with Gasteiger partial charge in [0.25, 0.3) is 0 Å². The Labute approximate surface area is 106 Å². The van der Waals surface area contributed by atoms with Crippen LogP contribution in [0, 0.1) is 12.8 Å². The van der Waals surface area contributed by atoms with Crippen LogP contribution < -0.4 is 0 Å². The molecule has 1 fully saturated rings. The third-order valence-corrected chi connectivity index (χ3v) is 4.55. The highest BCUT2D eigenvalue weighted by Gasteiger charge is 2.44. The summed E-state index contributed by atoms with van der Waals surface area (Å²) in [6.07, 6.45) is 0.826. The van der Waals surface area contributed by atoms with Crippen LogP contribution in [0.15, 0.2) is 41.8 Å². The molecular weight excluding hydrogens is 228 g/mol. The first kappa shape index (κ1) is 11.0. The second kappa shape index (κ2) is 4.28. The zero-order chi connectivity index (χ0) is 11.8. The number of rotatable bonds is 3. The number of hydrogen-bond donors (Lipinski definition) is 1. The smallest absolute Gasteiger partial charge is 0.0834 e. The molecular formula is C15H16OS. The molecule has 0 bridgehead atoms. The quantitative estimate of drug-likeness (QED) is 0.868. The minimum atomic E-state index is -0.286. The molecule has 88 valence electrons. The molecule has 0 radical (unpaired) electrons. The van der Waals surface area contributed by atoms with Gasteiger partial charge in [0.2, 0.25) is 0 Å². The zero-order valence-corrected chi connectivity index (χ0v) is 10.7. The number of benzene rings is 1. The van der Waals surface area contributed by atoms with Crippen molar-refractivity contribution >= 4 is 11.3 Å². The van der Waals surface area contributed by atoms with Gasteiger partial charge < -0.3 is 5.11 Å². The molecule has 0 saturated heterocycles. The largest absolute Gasteiger partial charge is 0.388 e. The maximum Gasteiger partial charge on any atom is 0.0834 e. The molecule has 0 aliphatic heterocycles. The average Bonchev–Trinajstić information content (AvgIpc) is 3.05. The third-order valence-electron chi connectivity index (χ3n) is 3.69. The van der Waals surface area contributed by atoms with Crippen LogP contribution in [0.4, 0.5) is 0 Å². The van der Waals surface area contributed by atoms with Crippen molar-refractivity contribution in [3.63, 3.8) is 0 Å². The minimum Gasteiger partial charge on any atom is -0.388 e.